The molecule has 4 nitrogen and oxygen atoms in total. The summed E-state index contributed by atoms with van der Waals surface area (Å²) in [6, 6.07) is 1.79. The number of aromatic nitrogens is 2. The number of hydrogen-bond acceptors (Lipinski definition) is 3. The van der Waals surface area contributed by atoms with Crippen LogP contribution in [0.5, 0.6) is 0 Å². The minimum absolute atomic E-state index is 0.235. The van der Waals surface area contributed by atoms with Gasteiger partial charge in [0.2, 0.25) is 0 Å². The normalized spacial score (nSPS) is 10.7. The summed E-state index contributed by atoms with van der Waals surface area (Å²) in [4.78, 5) is 27.7. The molecule has 5 heteroatoms. The van der Waals surface area contributed by atoms with Gasteiger partial charge in [0.25, 0.3) is 5.56 Å². The molecule has 0 saturated carbocycles. The van der Waals surface area contributed by atoms with Gasteiger partial charge in [-0.05, 0) is 13.0 Å². The van der Waals surface area contributed by atoms with E-state index in [1.807, 2.05) is 6.92 Å². The molecule has 1 N–H and O–H groups in total. The van der Waals surface area contributed by atoms with Gasteiger partial charge in [0.05, 0.1) is 5.39 Å². The monoisotopic (exact) mass is 222 g/mol. The van der Waals surface area contributed by atoms with E-state index in [0.717, 1.165) is 9.44 Å². The number of nitrogens with zero attached hydrogens (tertiary/aromatic N) is 1. The fourth-order valence-corrected chi connectivity index (χ4v) is 2.36. The van der Waals surface area contributed by atoms with Crippen LogP contribution in [0.2, 0.25) is 0 Å². The van der Waals surface area contributed by atoms with E-state index >= 15 is 0 Å². The zero-order valence-electron chi connectivity index (χ0n) is 8.24. The first-order valence-electron chi connectivity index (χ1n) is 4.47. The van der Waals surface area contributed by atoms with E-state index in [-0.39, 0.29) is 17.8 Å². The maximum Gasteiger partial charge on any atom is 0.329 e. The molecule has 0 aromatic carbocycles. The predicted octanol–water partition coefficient (Wildman–Crippen LogP) is 1.25. The molecular formula is C10H10N2O2S. The lowest BCUT2D eigenvalue weighted by molar-refractivity contribution is 0.729. The average Bonchev–Trinajstić information content (AvgIpc) is 2.53. The standard InChI is InChI=1S/C10H10N2O2S/c1-3-4-12-9(13)7-5-6(2)15-8(7)11-10(12)14/h3,5H,1,4H2,2H3,(H,11,14). The molecule has 0 atom stereocenters. The molecule has 78 valence electrons. The summed E-state index contributed by atoms with van der Waals surface area (Å²) >= 11 is 1.41. The Morgan fingerprint density at radius 3 is 3.00 bits per heavy atom. The molecule has 0 aliphatic heterocycles. The third-order valence-electron chi connectivity index (χ3n) is 2.11. The molecule has 0 bridgehead atoms. The van der Waals surface area contributed by atoms with Crippen LogP contribution in [0.15, 0.2) is 28.3 Å². The molecule has 15 heavy (non-hydrogen) atoms. The first kappa shape index (κ1) is 9.92. The van der Waals surface area contributed by atoms with E-state index in [0.29, 0.717) is 10.2 Å². The summed E-state index contributed by atoms with van der Waals surface area (Å²) in [5.41, 5.74) is -0.632. The zero-order chi connectivity index (χ0) is 11.0. The van der Waals surface area contributed by atoms with E-state index < -0.39 is 0 Å². The SMILES string of the molecule is C=CCn1c(=O)[nH]c2sc(C)cc2c1=O. The van der Waals surface area contributed by atoms with Crippen LogP contribution < -0.4 is 11.2 Å². The molecular weight excluding hydrogens is 212 g/mol. The first-order chi connectivity index (χ1) is 7.13. The van der Waals surface area contributed by atoms with Crippen LogP contribution in [0.1, 0.15) is 4.88 Å². The van der Waals surface area contributed by atoms with Crippen molar-refractivity contribution in [3.05, 3.63) is 44.4 Å². The van der Waals surface area contributed by atoms with Crippen LogP contribution in [0, 0.1) is 6.92 Å². The van der Waals surface area contributed by atoms with Gasteiger partial charge in [-0.1, -0.05) is 6.08 Å². The van der Waals surface area contributed by atoms with Crippen LogP contribution >= 0.6 is 11.3 Å². The Morgan fingerprint density at radius 2 is 2.33 bits per heavy atom. The Hall–Kier alpha value is -1.62. The Labute approximate surface area is 89.5 Å². The first-order valence-corrected chi connectivity index (χ1v) is 5.29. The highest BCUT2D eigenvalue weighted by Crippen LogP contribution is 2.18. The Kier molecular flexibility index (Phi) is 2.32. The highest BCUT2D eigenvalue weighted by atomic mass is 32.1. The zero-order valence-corrected chi connectivity index (χ0v) is 9.06. The molecule has 2 rings (SSSR count). The lowest BCUT2D eigenvalue weighted by Gasteiger charge is -1.99. The molecule has 0 amide bonds. The third-order valence-corrected chi connectivity index (χ3v) is 3.07. The van der Waals surface area contributed by atoms with Gasteiger partial charge >= 0.3 is 5.69 Å². The topological polar surface area (TPSA) is 54.9 Å². The molecule has 0 saturated heterocycles. The van der Waals surface area contributed by atoms with Crippen LogP contribution in [0.4, 0.5) is 0 Å². The second kappa shape index (κ2) is 3.51. The molecule has 2 heterocycles. The quantitative estimate of drug-likeness (QED) is 0.777. The smallest absolute Gasteiger partial charge is 0.298 e. The van der Waals surface area contributed by atoms with Gasteiger partial charge in [0.15, 0.2) is 0 Å². The lowest BCUT2D eigenvalue weighted by atomic mass is 10.3. The van der Waals surface area contributed by atoms with Gasteiger partial charge < -0.3 is 0 Å². The second-order valence-electron chi connectivity index (χ2n) is 3.23. The molecule has 0 aliphatic carbocycles. The molecule has 0 aliphatic rings. The minimum Gasteiger partial charge on any atom is -0.298 e. The number of fused-ring (bicyclic) bond motifs is 1. The molecule has 0 spiro atoms. The fraction of sp³-hybridized carbons (Fsp3) is 0.200. The predicted molar refractivity (Wildman–Crippen MR) is 61.6 cm³/mol. The van der Waals surface area contributed by atoms with Crippen LogP contribution in [0.3, 0.4) is 0 Å². The molecule has 2 aromatic heterocycles. The Morgan fingerprint density at radius 1 is 1.60 bits per heavy atom. The van der Waals surface area contributed by atoms with Crippen molar-refractivity contribution in [2.45, 2.75) is 13.5 Å². The van der Waals surface area contributed by atoms with E-state index in [1.165, 1.54) is 17.4 Å². The molecule has 2 aromatic rings. The minimum atomic E-state index is -0.380. The summed E-state index contributed by atoms with van der Waals surface area (Å²) in [7, 11) is 0. The van der Waals surface area contributed by atoms with Crippen molar-refractivity contribution >= 4 is 21.6 Å². The van der Waals surface area contributed by atoms with Gasteiger partial charge in [-0.15, -0.1) is 17.9 Å². The van der Waals surface area contributed by atoms with Crippen molar-refractivity contribution in [3.63, 3.8) is 0 Å². The third kappa shape index (κ3) is 1.55. The van der Waals surface area contributed by atoms with E-state index in [1.54, 1.807) is 6.07 Å². The van der Waals surface area contributed by atoms with Crippen molar-refractivity contribution in [1.29, 1.82) is 0 Å². The molecule has 0 unspecified atom stereocenters. The number of rotatable bonds is 2. The maximum absolute atomic E-state index is 11.9. The highest BCUT2D eigenvalue weighted by Gasteiger charge is 2.08. The van der Waals surface area contributed by atoms with Crippen LogP contribution in [-0.2, 0) is 6.54 Å². The van der Waals surface area contributed by atoms with Crippen LogP contribution in [-0.4, -0.2) is 9.55 Å². The van der Waals surface area contributed by atoms with E-state index in [4.69, 9.17) is 0 Å². The van der Waals surface area contributed by atoms with Crippen molar-refractivity contribution in [2.24, 2.45) is 0 Å². The highest BCUT2D eigenvalue weighted by molar-refractivity contribution is 7.18. The van der Waals surface area contributed by atoms with Gasteiger partial charge in [-0.25, -0.2) is 4.79 Å². The number of allylic oxidation sites excluding steroid dienone is 1. The van der Waals surface area contributed by atoms with Gasteiger partial charge in [-0.2, -0.15) is 0 Å². The van der Waals surface area contributed by atoms with Crippen molar-refractivity contribution < 1.29 is 0 Å². The lowest BCUT2D eigenvalue weighted by Crippen LogP contribution is -2.34. The van der Waals surface area contributed by atoms with Crippen molar-refractivity contribution in [2.75, 3.05) is 0 Å². The van der Waals surface area contributed by atoms with Gasteiger partial charge in [0, 0.05) is 11.4 Å². The number of thiophene rings is 1. The average molecular weight is 222 g/mol. The molecule has 0 radical (unpaired) electrons. The maximum atomic E-state index is 11.9. The largest absolute Gasteiger partial charge is 0.329 e. The number of aryl methyl sites for hydroxylation is 1. The number of hydrogen-bond donors (Lipinski definition) is 1. The Balaban J connectivity index is 2.89. The van der Waals surface area contributed by atoms with E-state index in [9.17, 15) is 9.59 Å². The van der Waals surface area contributed by atoms with Crippen LogP contribution in [0.25, 0.3) is 10.2 Å². The summed E-state index contributed by atoms with van der Waals surface area (Å²) < 4.78 is 1.14. The van der Waals surface area contributed by atoms with E-state index in [2.05, 4.69) is 11.6 Å². The summed E-state index contributed by atoms with van der Waals surface area (Å²) in [5.74, 6) is 0. The van der Waals surface area contributed by atoms with Crippen molar-refractivity contribution in [1.82, 2.24) is 9.55 Å². The number of H-pyrrole nitrogens is 1. The summed E-state index contributed by atoms with van der Waals surface area (Å²) in [6.07, 6.45) is 1.53. The summed E-state index contributed by atoms with van der Waals surface area (Å²) in [6.45, 7) is 5.65. The van der Waals surface area contributed by atoms with Crippen molar-refractivity contribution in [3.8, 4) is 0 Å². The number of aromatic amines is 1. The fourth-order valence-electron chi connectivity index (χ4n) is 1.46. The van der Waals surface area contributed by atoms with Gasteiger partial charge in [-0.3, -0.25) is 14.3 Å². The Bertz CT molecular complexity index is 633. The summed E-state index contributed by atoms with van der Waals surface area (Å²) in [5, 5.41) is 0.568. The number of nitrogens with one attached hydrogen (secondary N) is 1. The molecule has 0 fully saturated rings. The second-order valence-corrected chi connectivity index (χ2v) is 4.49. The van der Waals surface area contributed by atoms with Gasteiger partial charge in [0.1, 0.15) is 4.83 Å².